The average molecular weight is 200 g/mol. The van der Waals surface area contributed by atoms with Gasteiger partial charge in [-0.1, -0.05) is 66.4 Å². The van der Waals surface area contributed by atoms with Crippen LogP contribution in [0.4, 0.5) is 0 Å². The highest BCUT2D eigenvalue weighted by atomic mass is 31.1. The van der Waals surface area contributed by atoms with Crippen LogP contribution in [0.5, 0.6) is 0 Å². The van der Waals surface area contributed by atoms with Crippen molar-refractivity contribution in [1.29, 1.82) is 0 Å². The number of hydrogen-bond donors (Lipinski definition) is 0. The number of allylic oxidation sites excluding steroid dienone is 1. The number of rotatable bonds is 9. The molecular weight excluding hydrogens is 175 g/mol. The Morgan fingerprint density at radius 2 is 1.69 bits per heavy atom. The fourth-order valence-electron chi connectivity index (χ4n) is 1.25. The Kier molecular flexibility index (Phi) is 12.3. The van der Waals surface area contributed by atoms with Crippen molar-refractivity contribution in [2.75, 3.05) is 6.16 Å². The SMILES string of the molecule is CCC/C=C/PCCCCCCC. The largest absolute Gasteiger partial charge is 0.0987 e. The van der Waals surface area contributed by atoms with Gasteiger partial charge in [0.15, 0.2) is 0 Å². The maximum Gasteiger partial charge on any atom is -0.0319 e. The minimum Gasteiger partial charge on any atom is -0.0987 e. The van der Waals surface area contributed by atoms with Gasteiger partial charge in [0.1, 0.15) is 0 Å². The van der Waals surface area contributed by atoms with Gasteiger partial charge in [-0.3, -0.25) is 0 Å². The van der Waals surface area contributed by atoms with Gasteiger partial charge >= 0.3 is 0 Å². The van der Waals surface area contributed by atoms with Crippen LogP contribution >= 0.6 is 8.58 Å². The van der Waals surface area contributed by atoms with E-state index in [-0.39, 0.29) is 0 Å². The third-order valence-electron chi connectivity index (χ3n) is 2.12. The molecule has 1 unspecified atom stereocenters. The minimum absolute atomic E-state index is 1.07. The van der Waals surface area contributed by atoms with E-state index >= 15 is 0 Å². The molecule has 0 N–H and O–H groups in total. The summed E-state index contributed by atoms with van der Waals surface area (Å²) in [5, 5.41) is 0. The van der Waals surface area contributed by atoms with Gasteiger partial charge < -0.3 is 0 Å². The molecule has 0 saturated carbocycles. The smallest absolute Gasteiger partial charge is 0.0319 e. The first-order valence-corrected chi connectivity index (χ1v) is 7.08. The lowest BCUT2D eigenvalue weighted by Gasteiger charge is -1.97. The van der Waals surface area contributed by atoms with E-state index in [2.05, 4.69) is 25.7 Å². The van der Waals surface area contributed by atoms with Crippen molar-refractivity contribution in [2.24, 2.45) is 0 Å². The molecule has 0 rings (SSSR count). The summed E-state index contributed by atoms with van der Waals surface area (Å²) in [6.07, 6.45) is 13.4. The highest BCUT2D eigenvalue weighted by Gasteiger charge is 1.87. The van der Waals surface area contributed by atoms with Crippen LogP contribution in [0.3, 0.4) is 0 Å². The van der Waals surface area contributed by atoms with Gasteiger partial charge in [0.05, 0.1) is 0 Å². The van der Waals surface area contributed by atoms with E-state index in [9.17, 15) is 0 Å². The van der Waals surface area contributed by atoms with Gasteiger partial charge in [0.2, 0.25) is 0 Å². The van der Waals surface area contributed by atoms with Crippen LogP contribution in [0.15, 0.2) is 11.9 Å². The van der Waals surface area contributed by atoms with Crippen LogP contribution in [-0.2, 0) is 0 Å². The maximum absolute atomic E-state index is 2.38. The van der Waals surface area contributed by atoms with Gasteiger partial charge in [-0.2, -0.15) is 0 Å². The third-order valence-corrected chi connectivity index (χ3v) is 3.23. The molecule has 1 heteroatoms. The zero-order valence-electron chi connectivity index (χ0n) is 9.31. The Labute approximate surface area is 86.0 Å². The van der Waals surface area contributed by atoms with Gasteiger partial charge in [0.25, 0.3) is 0 Å². The van der Waals surface area contributed by atoms with Crippen LogP contribution in [0.2, 0.25) is 0 Å². The average Bonchev–Trinajstić information content (AvgIpc) is 2.16. The standard InChI is InChI=1S/C12H25P/c1-3-5-7-8-10-12-13-11-9-6-4-2/h9,11,13H,3-8,10,12H2,1-2H3/b11-9+. The monoisotopic (exact) mass is 200 g/mol. The third kappa shape index (κ3) is 12.2. The molecule has 0 amide bonds. The van der Waals surface area contributed by atoms with Crippen molar-refractivity contribution in [2.45, 2.75) is 58.8 Å². The van der Waals surface area contributed by atoms with E-state index in [0.29, 0.717) is 0 Å². The molecule has 0 aliphatic heterocycles. The van der Waals surface area contributed by atoms with Gasteiger partial charge in [-0.05, 0) is 19.0 Å². The normalized spacial score (nSPS) is 12.2. The van der Waals surface area contributed by atoms with Crippen LogP contribution < -0.4 is 0 Å². The Bertz CT molecular complexity index is 108. The second-order valence-electron chi connectivity index (χ2n) is 3.56. The lowest BCUT2D eigenvalue weighted by atomic mass is 10.2. The molecule has 0 bridgehead atoms. The molecule has 1 atom stereocenters. The minimum atomic E-state index is 1.07. The molecule has 0 aliphatic carbocycles. The number of unbranched alkanes of at least 4 members (excludes halogenated alkanes) is 5. The highest BCUT2D eigenvalue weighted by molar-refractivity contribution is 7.41. The van der Waals surface area contributed by atoms with Crippen molar-refractivity contribution >= 4 is 8.58 Å². The molecule has 0 radical (unpaired) electrons. The summed E-state index contributed by atoms with van der Waals surface area (Å²) in [5.41, 5.74) is 0. The second kappa shape index (κ2) is 12.2. The van der Waals surface area contributed by atoms with E-state index in [4.69, 9.17) is 0 Å². The summed E-state index contributed by atoms with van der Waals surface area (Å²) in [4.78, 5) is 0. The fourth-order valence-corrected chi connectivity index (χ4v) is 2.20. The molecule has 13 heavy (non-hydrogen) atoms. The molecule has 0 spiro atoms. The number of hydrogen-bond acceptors (Lipinski definition) is 0. The van der Waals surface area contributed by atoms with E-state index < -0.39 is 0 Å². The van der Waals surface area contributed by atoms with E-state index in [0.717, 1.165) is 8.58 Å². The topological polar surface area (TPSA) is 0 Å². The van der Waals surface area contributed by atoms with Crippen molar-refractivity contribution in [3.8, 4) is 0 Å². The fraction of sp³-hybridized carbons (Fsp3) is 0.833. The molecule has 0 nitrogen and oxygen atoms in total. The van der Waals surface area contributed by atoms with Crippen LogP contribution in [-0.4, -0.2) is 6.16 Å². The zero-order chi connectivity index (χ0) is 9.78. The molecule has 0 aromatic heterocycles. The van der Waals surface area contributed by atoms with Crippen molar-refractivity contribution < 1.29 is 0 Å². The Balaban J connectivity index is 2.91. The Morgan fingerprint density at radius 3 is 2.38 bits per heavy atom. The summed E-state index contributed by atoms with van der Waals surface area (Å²) >= 11 is 0. The summed E-state index contributed by atoms with van der Waals surface area (Å²) in [6, 6.07) is 0. The molecule has 0 aromatic carbocycles. The highest BCUT2D eigenvalue weighted by Crippen LogP contribution is 2.16. The summed E-state index contributed by atoms with van der Waals surface area (Å²) in [5.74, 6) is 2.38. The van der Waals surface area contributed by atoms with Gasteiger partial charge in [0, 0.05) is 0 Å². The lowest BCUT2D eigenvalue weighted by Crippen LogP contribution is -1.78. The zero-order valence-corrected chi connectivity index (χ0v) is 10.3. The predicted molar refractivity (Wildman–Crippen MR) is 66.0 cm³/mol. The summed E-state index contributed by atoms with van der Waals surface area (Å²) in [6.45, 7) is 4.51. The molecule has 0 saturated heterocycles. The van der Waals surface area contributed by atoms with Gasteiger partial charge in [-0.25, -0.2) is 0 Å². The molecule has 0 fully saturated rings. The molecule has 0 heterocycles. The van der Waals surface area contributed by atoms with Crippen molar-refractivity contribution in [1.82, 2.24) is 0 Å². The second-order valence-corrected chi connectivity index (χ2v) is 4.80. The van der Waals surface area contributed by atoms with Crippen molar-refractivity contribution in [3.05, 3.63) is 11.9 Å². The van der Waals surface area contributed by atoms with Gasteiger partial charge in [-0.15, -0.1) is 0 Å². The molecule has 78 valence electrons. The molecule has 0 aliphatic rings. The lowest BCUT2D eigenvalue weighted by molar-refractivity contribution is 0.659. The van der Waals surface area contributed by atoms with Crippen LogP contribution in [0, 0.1) is 0 Å². The van der Waals surface area contributed by atoms with E-state index in [1.165, 1.54) is 51.1 Å². The van der Waals surface area contributed by atoms with Crippen LogP contribution in [0.25, 0.3) is 0 Å². The predicted octanol–water partition coefficient (Wildman–Crippen LogP) is 4.95. The Hall–Kier alpha value is 0.170. The molecular formula is C12H25P. The first-order valence-electron chi connectivity index (χ1n) is 5.80. The van der Waals surface area contributed by atoms with Crippen LogP contribution in [0.1, 0.15) is 58.8 Å². The first-order chi connectivity index (χ1) is 6.41. The maximum atomic E-state index is 2.38. The van der Waals surface area contributed by atoms with Crippen molar-refractivity contribution in [3.63, 3.8) is 0 Å². The van der Waals surface area contributed by atoms with E-state index in [1.54, 1.807) is 0 Å². The molecule has 0 aromatic rings. The Morgan fingerprint density at radius 1 is 0.923 bits per heavy atom. The van der Waals surface area contributed by atoms with E-state index in [1.807, 2.05) is 0 Å². The quantitative estimate of drug-likeness (QED) is 0.365. The summed E-state index contributed by atoms with van der Waals surface area (Å²) in [7, 11) is 1.07. The first kappa shape index (κ1) is 13.2. The summed E-state index contributed by atoms with van der Waals surface area (Å²) < 4.78 is 0.